The molecule has 0 saturated carbocycles. The molecule has 9 aromatic rings. The second-order valence-electron chi connectivity index (χ2n) is 10.5. The average molecular weight is 527 g/mol. The number of hydrogen-bond donors (Lipinski definition) is 0. The van der Waals surface area contributed by atoms with E-state index in [-0.39, 0.29) is 5.63 Å². The lowest BCUT2D eigenvalue weighted by molar-refractivity contribution is 0.569. The molecule has 0 atom stereocenters. The molecule has 4 nitrogen and oxygen atoms in total. The van der Waals surface area contributed by atoms with Gasteiger partial charge in [0.1, 0.15) is 5.58 Å². The second-order valence-corrected chi connectivity index (χ2v) is 10.5. The van der Waals surface area contributed by atoms with Gasteiger partial charge < -0.3 is 13.6 Å². The van der Waals surface area contributed by atoms with E-state index in [1.54, 1.807) is 0 Å². The standard InChI is InChI=1S/C37H22N2O2/c40-37-29-15-5-4-12-25(29)28-19-18-24(20-36(28)41-37)39-33-17-9-7-14-27(33)31-21-30-26-13-6-8-16-32(26)38(34(30)22-35(31)39)23-10-2-1-3-11-23/h1-22H. The Kier molecular flexibility index (Phi) is 4.44. The summed E-state index contributed by atoms with van der Waals surface area (Å²) in [4.78, 5) is 12.8. The molecule has 4 heteroatoms. The van der Waals surface area contributed by atoms with E-state index in [0.29, 0.717) is 11.0 Å². The van der Waals surface area contributed by atoms with E-state index in [4.69, 9.17) is 4.42 Å². The van der Waals surface area contributed by atoms with Crippen molar-refractivity contribution in [3.8, 4) is 11.4 Å². The highest BCUT2D eigenvalue weighted by Crippen LogP contribution is 2.40. The zero-order chi connectivity index (χ0) is 27.1. The van der Waals surface area contributed by atoms with Gasteiger partial charge in [-0.05, 0) is 60.0 Å². The molecule has 41 heavy (non-hydrogen) atoms. The lowest BCUT2D eigenvalue weighted by atomic mass is 10.1. The summed E-state index contributed by atoms with van der Waals surface area (Å²) >= 11 is 0. The lowest BCUT2D eigenvalue weighted by Crippen LogP contribution is -2.00. The van der Waals surface area contributed by atoms with Crippen LogP contribution in [-0.4, -0.2) is 9.13 Å². The number of fused-ring (bicyclic) bond motifs is 9. The SMILES string of the molecule is O=c1oc2cc(-n3c4ccccc4c4cc5c6ccccc6n(-c6ccccc6)c5cc43)ccc2c2ccccc12. The molecule has 6 aromatic carbocycles. The molecule has 192 valence electrons. The van der Waals surface area contributed by atoms with Crippen molar-refractivity contribution in [3.63, 3.8) is 0 Å². The van der Waals surface area contributed by atoms with Crippen molar-refractivity contribution in [3.05, 3.63) is 144 Å². The second kappa shape index (κ2) is 8.20. The van der Waals surface area contributed by atoms with E-state index in [1.165, 1.54) is 27.1 Å². The van der Waals surface area contributed by atoms with E-state index >= 15 is 0 Å². The van der Waals surface area contributed by atoms with Gasteiger partial charge in [0.15, 0.2) is 0 Å². The van der Waals surface area contributed by atoms with Crippen molar-refractivity contribution in [1.82, 2.24) is 9.13 Å². The summed E-state index contributed by atoms with van der Waals surface area (Å²) in [5.74, 6) is 0. The van der Waals surface area contributed by atoms with Crippen LogP contribution in [-0.2, 0) is 0 Å². The molecule has 0 bridgehead atoms. The molecule has 0 fully saturated rings. The molecule has 0 N–H and O–H groups in total. The smallest absolute Gasteiger partial charge is 0.344 e. The van der Waals surface area contributed by atoms with Crippen LogP contribution in [0.25, 0.3) is 76.7 Å². The van der Waals surface area contributed by atoms with E-state index < -0.39 is 0 Å². The van der Waals surface area contributed by atoms with Crippen LogP contribution in [0, 0.1) is 0 Å². The molecule has 0 saturated heterocycles. The van der Waals surface area contributed by atoms with Crippen molar-refractivity contribution in [2.24, 2.45) is 0 Å². The summed E-state index contributed by atoms with van der Waals surface area (Å²) in [6.45, 7) is 0. The highest BCUT2D eigenvalue weighted by Gasteiger charge is 2.19. The summed E-state index contributed by atoms with van der Waals surface area (Å²) in [5, 5.41) is 7.24. The lowest BCUT2D eigenvalue weighted by Gasteiger charge is -2.11. The average Bonchev–Trinajstić information content (AvgIpc) is 3.52. The molecule has 9 rings (SSSR count). The zero-order valence-electron chi connectivity index (χ0n) is 21.9. The minimum absolute atomic E-state index is 0.318. The van der Waals surface area contributed by atoms with Crippen LogP contribution in [0.1, 0.15) is 0 Å². The van der Waals surface area contributed by atoms with Gasteiger partial charge in [0.2, 0.25) is 0 Å². The predicted octanol–water partition coefficient (Wildman–Crippen LogP) is 9.14. The largest absolute Gasteiger partial charge is 0.422 e. The van der Waals surface area contributed by atoms with Gasteiger partial charge in [-0.25, -0.2) is 4.79 Å². The van der Waals surface area contributed by atoms with Crippen LogP contribution in [0.3, 0.4) is 0 Å². The van der Waals surface area contributed by atoms with Crippen LogP contribution in [0.5, 0.6) is 0 Å². The molecule has 0 aliphatic heterocycles. The van der Waals surface area contributed by atoms with Crippen LogP contribution in [0.4, 0.5) is 0 Å². The number of hydrogen-bond acceptors (Lipinski definition) is 2. The van der Waals surface area contributed by atoms with Crippen molar-refractivity contribution < 1.29 is 4.42 Å². The van der Waals surface area contributed by atoms with Crippen LogP contribution in [0.2, 0.25) is 0 Å². The first-order chi connectivity index (χ1) is 20.3. The summed E-state index contributed by atoms with van der Waals surface area (Å²) in [6.07, 6.45) is 0. The topological polar surface area (TPSA) is 40.1 Å². The van der Waals surface area contributed by atoms with E-state index in [2.05, 4.69) is 112 Å². The number of rotatable bonds is 2. The fourth-order valence-corrected chi connectivity index (χ4v) is 6.57. The van der Waals surface area contributed by atoms with Gasteiger partial charge in [-0.2, -0.15) is 0 Å². The Morgan fingerprint density at radius 1 is 0.390 bits per heavy atom. The van der Waals surface area contributed by atoms with Gasteiger partial charge in [0.05, 0.1) is 27.5 Å². The molecule has 0 spiro atoms. The maximum atomic E-state index is 12.8. The Morgan fingerprint density at radius 3 is 1.63 bits per heavy atom. The van der Waals surface area contributed by atoms with Gasteiger partial charge in [0.25, 0.3) is 0 Å². The van der Waals surface area contributed by atoms with Crippen molar-refractivity contribution in [1.29, 1.82) is 0 Å². The fourth-order valence-electron chi connectivity index (χ4n) is 6.57. The van der Waals surface area contributed by atoms with Gasteiger partial charge in [-0.15, -0.1) is 0 Å². The number of benzene rings is 6. The van der Waals surface area contributed by atoms with Crippen molar-refractivity contribution >= 4 is 65.4 Å². The van der Waals surface area contributed by atoms with Gasteiger partial charge in [-0.1, -0.05) is 72.8 Å². The minimum atomic E-state index is -0.318. The van der Waals surface area contributed by atoms with Gasteiger partial charge in [0, 0.05) is 44.4 Å². The molecule has 3 heterocycles. The molecule has 0 unspecified atom stereocenters. The number of nitrogens with zero attached hydrogens (tertiary/aromatic N) is 2. The van der Waals surface area contributed by atoms with E-state index in [9.17, 15) is 4.79 Å². The third-order valence-electron chi connectivity index (χ3n) is 8.34. The maximum absolute atomic E-state index is 12.8. The fraction of sp³-hybridized carbons (Fsp3) is 0. The number of aromatic nitrogens is 2. The Bertz CT molecular complexity index is 2550. The zero-order valence-corrected chi connectivity index (χ0v) is 21.9. The summed E-state index contributed by atoms with van der Waals surface area (Å²) in [6, 6.07) is 46.1. The predicted molar refractivity (Wildman–Crippen MR) is 169 cm³/mol. The molecule has 0 radical (unpaired) electrons. The molecule has 3 aromatic heterocycles. The van der Waals surface area contributed by atoms with Crippen LogP contribution in [0.15, 0.2) is 143 Å². The van der Waals surface area contributed by atoms with Crippen molar-refractivity contribution in [2.45, 2.75) is 0 Å². The van der Waals surface area contributed by atoms with Crippen molar-refractivity contribution in [2.75, 3.05) is 0 Å². The molecule has 0 aliphatic carbocycles. The Hall–Kier alpha value is -5.61. The van der Waals surface area contributed by atoms with Gasteiger partial charge >= 0.3 is 5.63 Å². The third-order valence-corrected chi connectivity index (χ3v) is 8.34. The molecular formula is C37H22N2O2. The van der Waals surface area contributed by atoms with Crippen LogP contribution < -0.4 is 5.63 Å². The first-order valence-electron chi connectivity index (χ1n) is 13.7. The van der Waals surface area contributed by atoms with Crippen LogP contribution >= 0.6 is 0 Å². The molecular weight excluding hydrogens is 504 g/mol. The Morgan fingerprint density at radius 2 is 0.951 bits per heavy atom. The van der Waals surface area contributed by atoms with E-state index in [0.717, 1.165) is 38.7 Å². The summed E-state index contributed by atoms with van der Waals surface area (Å²) in [5.41, 5.74) is 6.86. The monoisotopic (exact) mass is 526 g/mol. The Labute approximate surface area is 233 Å². The Balaban J connectivity index is 1.42. The normalized spacial score (nSPS) is 12.0. The van der Waals surface area contributed by atoms with E-state index in [1.807, 2.05) is 30.3 Å². The highest BCUT2D eigenvalue weighted by molar-refractivity contribution is 6.19. The van der Waals surface area contributed by atoms with Gasteiger partial charge in [-0.3, -0.25) is 0 Å². The summed E-state index contributed by atoms with van der Waals surface area (Å²) in [7, 11) is 0. The third kappa shape index (κ3) is 3.07. The quantitative estimate of drug-likeness (QED) is 0.166. The minimum Gasteiger partial charge on any atom is -0.422 e. The molecule has 0 amide bonds. The number of para-hydroxylation sites is 3. The highest BCUT2D eigenvalue weighted by atomic mass is 16.4. The maximum Gasteiger partial charge on any atom is 0.344 e. The first-order valence-corrected chi connectivity index (χ1v) is 13.7. The summed E-state index contributed by atoms with van der Waals surface area (Å²) < 4.78 is 10.5. The molecule has 0 aliphatic rings. The first kappa shape index (κ1) is 22.2.